The quantitative estimate of drug-likeness (QED) is 0.707. The molecule has 8 heteroatoms. The first-order valence-electron chi connectivity index (χ1n) is 9.75. The van der Waals surface area contributed by atoms with Gasteiger partial charge in [-0.2, -0.15) is 0 Å². The Hall–Kier alpha value is -1.67. The van der Waals surface area contributed by atoms with Gasteiger partial charge in [0.2, 0.25) is 11.8 Å². The summed E-state index contributed by atoms with van der Waals surface area (Å²) in [7, 11) is 0. The van der Waals surface area contributed by atoms with E-state index in [2.05, 4.69) is 30.7 Å². The molecule has 0 N–H and O–H groups in total. The van der Waals surface area contributed by atoms with Crippen molar-refractivity contribution in [3.8, 4) is 0 Å². The molecule has 4 rings (SSSR count). The number of carbonyl (C=O) groups excluding carboxylic acids is 2. The van der Waals surface area contributed by atoms with Gasteiger partial charge in [-0.1, -0.05) is 0 Å². The molecule has 0 unspecified atom stereocenters. The minimum atomic E-state index is 0.184. The van der Waals surface area contributed by atoms with E-state index in [1.807, 2.05) is 28.1 Å². The summed E-state index contributed by atoms with van der Waals surface area (Å²) in [6.07, 6.45) is 3.90. The summed E-state index contributed by atoms with van der Waals surface area (Å²) < 4.78 is 0.981. The molecule has 0 radical (unpaired) electrons. The fraction of sp³-hybridized carbons (Fsp3) is 0.632. The Morgan fingerprint density at radius 1 is 0.963 bits per heavy atom. The van der Waals surface area contributed by atoms with Gasteiger partial charge >= 0.3 is 0 Å². The first kappa shape index (κ1) is 18.7. The summed E-state index contributed by atoms with van der Waals surface area (Å²) in [6, 6.07) is 4.03. The fourth-order valence-corrected chi connectivity index (χ4v) is 3.98. The van der Waals surface area contributed by atoms with Gasteiger partial charge < -0.3 is 14.7 Å². The van der Waals surface area contributed by atoms with Gasteiger partial charge in [-0.05, 0) is 40.9 Å². The molecule has 0 atom stereocenters. The Labute approximate surface area is 168 Å². The minimum absolute atomic E-state index is 0.184. The van der Waals surface area contributed by atoms with E-state index in [4.69, 9.17) is 0 Å². The maximum Gasteiger partial charge on any atom is 0.236 e. The van der Waals surface area contributed by atoms with E-state index in [0.717, 1.165) is 49.3 Å². The molecule has 2 saturated heterocycles. The lowest BCUT2D eigenvalue weighted by Gasteiger charge is -2.38. The van der Waals surface area contributed by atoms with E-state index in [1.54, 1.807) is 0 Å². The number of piperazine rings is 2. The van der Waals surface area contributed by atoms with Gasteiger partial charge in [0, 0.05) is 68.9 Å². The normalized spacial score (nSPS) is 21.4. The molecule has 1 aromatic rings. The number of carbonyl (C=O) groups is 2. The standard InChI is InChI=1S/C19H26BrN5O2/c20-16-3-4-17(21-13-16)23-7-5-22(6-8-23)14-18(26)24-9-11-25(12-10-24)19(27)15-1-2-15/h3-4,13,15H,1-2,5-12,14H2. The molecule has 3 fully saturated rings. The van der Waals surface area contributed by atoms with E-state index in [9.17, 15) is 9.59 Å². The van der Waals surface area contributed by atoms with Crippen LogP contribution in [0.4, 0.5) is 5.82 Å². The second-order valence-electron chi connectivity index (χ2n) is 7.58. The summed E-state index contributed by atoms with van der Waals surface area (Å²) >= 11 is 3.41. The van der Waals surface area contributed by atoms with Gasteiger partial charge in [0.25, 0.3) is 0 Å². The molecule has 27 heavy (non-hydrogen) atoms. The van der Waals surface area contributed by atoms with Gasteiger partial charge in [0.05, 0.1) is 6.54 Å². The molecule has 0 aromatic carbocycles. The van der Waals surface area contributed by atoms with Crippen LogP contribution >= 0.6 is 15.9 Å². The second kappa shape index (κ2) is 8.14. The number of hydrogen-bond acceptors (Lipinski definition) is 5. The molecular weight excluding hydrogens is 410 g/mol. The maximum atomic E-state index is 12.6. The molecule has 1 aromatic heterocycles. The Morgan fingerprint density at radius 2 is 1.63 bits per heavy atom. The van der Waals surface area contributed by atoms with Crippen molar-refractivity contribution < 1.29 is 9.59 Å². The summed E-state index contributed by atoms with van der Waals surface area (Å²) in [5, 5.41) is 0. The van der Waals surface area contributed by atoms with Crippen molar-refractivity contribution in [2.75, 3.05) is 63.8 Å². The van der Waals surface area contributed by atoms with Crippen molar-refractivity contribution in [2.45, 2.75) is 12.8 Å². The topological polar surface area (TPSA) is 60.0 Å². The highest BCUT2D eigenvalue weighted by atomic mass is 79.9. The Morgan fingerprint density at radius 3 is 2.22 bits per heavy atom. The predicted octanol–water partition coefficient (Wildman–Crippen LogP) is 1.05. The van der Waals surface area contributed by atoms with E-state index >= 15 is 0 Å². The smallest absolute Gasteiger partial charge is 0.236 e. The van der Waals surface area contributed by atoms with Crippen LogP contribution in [-0.4, -0.2) is 90.4 Å². The number of aromatic nitrogens is 1. The lowest BCUT2D eigenvalue weighted by Crippen LogP contribution is -2.54. The third-order valence-electron chi connectivity index (χ3n) is 5.64. The molecule has 2 aliphatic heterocycles. The van der Waals surface area contributed by atoms with Crippen molar-refractivity contribution in [2.24, 2.45) is 5.92 Å². The minimum Gasteiger partial charge on any atom is -0.354 e. The predicted molar refractivity (Wildman–Crippen MR) is 106 cm³/mol. The molecule has 7 nitrogen and oxygen atoms in total. The van der Waals surface area contributed by atoms with Crippen molar-refractivity contribution >= 4 is 33.6 Å². The second-order valence-corrected chi connectivity index (χ2v) is 8.49. The molecule has 0 spiro atoms. The number of rotatable bonds is 4. The highest BCUT2D eigenvalue weighted by molar-refractivity contribution is 9.10. The molecule has 2 amide bonds. The third-order valence-corrected chi connectivity index (χ3v) is 6.11. The van der Waals surface area contributed by atoms with Crippen LogP contribution in [0.15, 0.2) is 22.8 Å². The largest absolute Gasteiger partial charge is 0.354 e. The zero-order chi connectivity index (χ0) is 18.8. The highest BCUT2D eigenvalue weighted by Crippen LogP contribution is 2.31. The summed E-state index contributed by atoms with van der Waals surface area (Å²) in [5.74, 6) is 1.73. The SMILES string of the molecule is O=C(CN1CCN(c2ccc(Br)cn2)CC1)N1CCN(C(=O)C2CC2)CC1. The molecule has 3 heterocycles. The number of amides is 2. The van der Waals surface area contributed by atoms with Crippen LogP contribution in [0.3, 0.4) is 0 Å². The number of halogens is 1. The van der Waals surface area contributed by atoms with Crippen LogP contribution in [-0.2, 0) is 9.59 Å². The first-order chi connectivity index (χ1) is 13.1. The summed E-state index contributed by atoms with van der Waals surface area (Å²) in [6.45, 7) is 6.66. The number of nitrogens with zero attached hydrogens (tertiary/aromatic N) is 5. The van der Waals surface area contributed by atoms with Crippen LogP contribution in [0.2, 0.25) is 0 Å². The summed E-state index contributed by atoms with van der Waals surface area (Å²) in [4.78, 5) is 37.5. The monoisotopic (exact) mass is 435 g/mol. The molecular formula is C19H26BrN5O2. The third kappa shape index (κ3) is 4.60. The van der Waals surface area contributed by atoms with E-state index < -0.39 is 0 Å². The maximum absolute atomic E-state index is 12.6. The molecule has 1 saturated carbocycles. The Bertz CT molecular complexity index is 678. The average molecular weight is 436 g/mol. The van der Waals surface area contributed by atoms with Crippen molar-refractivity contribution in [3.63, 3.8) is 0 Å². The molecule has 3 aliphatic rings. The van der Waals surface area contributed by atoms with Crippen LogP contribution in [0.25, 0.3) is 0 Å². The Balaban J connectivity index is 1.20. The van der Waals surface area contributed by atoms with E-state index in [-0.39, 0.29) is 11.8 Å². The van der Waals surface area contributed by atoms with Crippen LogP contribution in [0.5, 0.6) is 0 Å². The van der Waals surface area contributed by atoms with Crippen molar-refractivity contribution in [1.29, 1.82) is 0 Å². The number of anilines is 1. The van der Waals surface area contributed by atoms with Crippen molar-refractivity contribution in [3.05, 3.63) is 22.8 Å². The van der Waals surface area contributed by atoms with E-state index in [1.165, 1.54) is 0 Å². The van der Waals surface area contributed by atoms with Crippen molar-refractivity contribution in [1.82, 2.24) is 19.7 Å². The van der Waals surface area contributed by atoms with Gasteiger partial charge in [0.1, 0.15) is 5.82 Å². The lowest BCUT2D eigenvalue weighted by molar-refractivity contribution is -0.140. The zero-order valence-electron chi connectivity index (χ0n) is 15.5. The van der Waals surface area contributed by atoms with Crippen LogP contribution < -0.4 is 4.90 Å². The van der Waals surface area contributed by atoms with E-state index in [0.29, 0.717) is 38.6 Å². The zero-order valence-corrected chi connectivity index (χ0v) is 17.1. The van der Waals surface area contributed by atoms with Gasteiger partial charge in [0.15, 0.2) is 0 Å². The summed E-state index contributed by atoms with van der Waals surface area (Å²) in [5.41, 5.74) is 0. The van der Waals surface area contributed by atoms with Gasteiger partial charge in [-0.15, -0.1) is 0 Å². The average Bonchev–Trinajstić information content (AvgIpc) is 3.54. The van der Waals surface area contributed by atoms with Gasteiger partial charge in [-0.25, -0.2) is 4.98 Å². The van der Waals surface area contributed by atoms with Gasteiger partial charge in [-0.3, -0.25) is 14.5 Å². The number of pyridine rings is 1. The lowest BCUT2D eigenvalue weighted by atomic mass is 10.2. The molecule has 1 aliphatic carbocycles. The Kier molecular flexibility index (Phi) is 5.63. The van der Waals surface area contributed by atoms with Crippen LogP contribution in [0.1, 0.15) is 12.8 Å². The van der Waals surface area contributed by atoms with Crippen LogP contribution in [0, 0.1) is 5.92 Å². The molecule has 0 bridgehead atoms. The number of hydrogen-bond donors (Lipinski definition) is 0. The highest BCUT2D eigenvalue weighted by Gasteiger charge is 2.35. The molecule has 146 valence electrons. The first-order valence-corrected chi connectivity index (χ1v) is 10.5. The fourth-order valence-electron chi connectivity index (χ4n) is 3.75.